The van der Waals surface area contributed by atoms with Gasteiger partial charge in [0.25, 0.3) is 5.88 Å². The first-order valence-corrected chi connectivity index (χ1v) is 12.4. The molecule has 0 radical (unpaired) electrons. The van der Waals surface area contributed by atoms with E-state index >= 15 is 0 Å². The molecule has 0 amide bonds. The normalized spacial score (nSPS) is 13.2. The molecule has 0 aliphatic carbocycles. The molecule has 0 unspecified atom stereocenters. The average molecular weight is 497 g/mol. The third-order valence-corrected chi connectivity index (χ3v) is 6.67. The van der Waals surface area contributed by atoms with Crippen LogP contribution in [0.1, 0.15) is 27.8 Å². The first kappa shape index (κ1) is 24.5. The van der Waals surface area contributed by atoms with Gasteiger partial charge in [-0.15, -0.1) is 0 Å². The number of pyridine rings is 1. The Morgan fingerprint density at radius 2 is 1.84 bits per heavy atom. The summed E-state index contributed by atoms with van der Waals surface area (Å²) in [6.45, 7) is 4.79. The van der Waals surface area contributed by atoms with Gasteiger partial charge in [0.1, 0.15) is 6.61 Å². The zero-order valence-corrected chi connectivity index (χ0v) is 21.3. The fourth-order valence-corrected chi connectivity index (χ4v) is 4.68. The van der Waals surface area contributed by atoms with Crippen LogP contribution in [0.5, 0.6) is 11.6 Å². The van der Waals surface area contributed by atoms with Crippen LogP contribution in [-0.2, 0) is 26.0 Å². The fraction of sp³-hybridized carbons (Fsp3) is 0.276. The highest BCUT2D eigenvalue weighted by Gasteiger charge is 2.18. The van der Waals surface area contributed by atoms with Gasteiger partial charge in [-0.3, -0.25) is 0 Å². The predicted molar refractivity (Wildman–Crippen MR) is 145 cm³/mol. The summed E-state index contributed by atoms with van der Waals surface area (Å²) in [4.78, 5) is 15.6. The van der Waals surface area contributed by atoms with Gasteiger partial charge in [-0.2, -0.15) is 0 Å². The lowest BCUT2D eigenvalue weighted by Crippen LogP contribution is -2.27. The first-order chi connectivity index (χ1) is 18.0. The zero-order valence-electron chi connectivity index (χ0n) is 21.3. The summed E-state index contributed by atoms with van der Waals surface area (Å²) in [6, 6.07) is 16.3. The summed E-state index contributed by atoms with van der Waals surface area (Å²) in [5.41, 5.74) is 20.0. The Bertz CT molecular complexity index is 1390. The van der Waals surface area contributed by atoms with Crippen molar-refractivity contribution < 1.29 is 9.47 Å². The second-order valence-electron chi connectivity index (χ2n) is 9.42. The maximum atomic E-state index is 6.13. The number of hydrogen-bond acceptors (Lipinski definition) is 8. The number of rotatable bonds is 8. The van der Waals surface area contributed by atoms with Gasteiger partial charge in [0.05, 0.1) is 18.5 Å². The van der Waals surface area contributed by atoms with E-state index in [9.17, 15) is 0 Å². The number of nitrogens with zero attached hydrogens (tertiary/aromatic N) is 4. The van der Waals surface area contributed by atoms with Crippen molar-refractivity contribution in [1.82, 2.24) is 19.9 Å². The minimum atomic E-state index is 0.170. The fourth-order valence-electron chi connectivity index (χ4n) is 4.68. The van der Waals surface area contributed by atoms with Crippen molar-refractivity contribution in [2.75, 3.05) is 31.7 Å². The zero-order chi connectivity index (χ0) is 25.8. The van der Waals surface area contributed by atoms with Gasteiger partial charge in [0.15, 0.2) is 17.4 Å². The number of fused-ring (bicyclic) bond motifs is 1. The summed E-state index contributed by atoms with van der Waals surface area (Å²) >= 11 is 0. The molecule has 190 valence electrons. The molecule has 1 aliphatic heterocycles. The Morgan fingerprint density at radius 1 is 1.00 bits per heavy atom. The molecule has 0 saturated carbocycles. The van der Waals surface area contributed by atoms with Gasteiger partial charge in [-0.1, -0.05) is 30.3 Å². The highest BCUT2D eigenvalue weighted by atomic mass is 16.5. The maximum absolute atomic E-state index is 6.13. The van der Waals surface area contributed by atoms with Gasteiger partial charge in [0.2, 0.25) is 0 Å². The van der Waals surface area contributed by atoms with Crippen molar-refractivity contribution in [1.29, 1.82) is 0 Å². The molecule has 2 aromatic carbocycles. The number of likely N-dealkylation sites (N-methyl/N-ethyl adjacent to an activating group) is 1. The number of ether oxygens (including phenoxy) is 2. The van der Waals surface area contributed by atoms with Gasteiger partial charge in [-0.05, 0) is 60.8 Å². The van der Waals surface area contributed by atoms with E-state index in [-0.39, 0.29) is 18.3 Å². The SMILES string of the molecule is Cc1cc(-c2cnc(N)c(OCc3ccnc(N)c3OCCc3ccccc3)n2)cc2c1CCN(C)C2. The van der Waals surface area contributed by atoms with Crippen molar-refractivity contribution in [3.05, 3.63) is 88.7 Å². The van der Waals surface area contributed by atoms with Gasteiger partial charge in [0, 0.05) is 36.8 Å². The molecule has 8 nitrogen and oxygen atoms in total. The van der Waals surface area contributed by atoms with E-state index in [0.717, 1.165) is 42.8 Å². The Labute approximate surface area is 217 Å². The van der Waals surface area contributed by atoms with Crippen LogP contribution in [0.3, 0.4) is 0 Å². The standard InChI is InChI=1S/C29H32N6O2/c1-19-14-22(15-23-17-35(2)12-9-24(19)23)25-16-33-28(31)29(34-25)37-18-21-8-11-32-27(30)26(21)36-13-10-20-6-4-3-5-7-20/h3-8,11,14-16H,9-10,12-13,17-18H2,1-2H3,(H2,30,32)(H2,31,33). The summed E-state index contributed by atoms with van der Waals surface area (Å²) in [7, 11) is 2.14. The Kier molecular flexibility index (Phi) is 7.18. The summed E-state index contributed by atoms with van der Waals surface area (Å²) in [6.07, 6.45) is 5.14. The molecule has 0 saturated heterocycles. The molecule has 2 aromatic heterocycles. The molecule has 3 heterocycles. The Balaban J connectivity index is 1.32. The smallest absolute Gasteiger partial charge is 0.258 e. The molecule has 4 aromatic rings. The number of benzene rings is 2. The van der Waals surface area contributed by atoms with E-state index in [0.29, 0.717) is 18.2 Å². The molecule has 37 heavy (non-hydrogen) atoms. The molecule has 0 fully saturated rings. The summed E-state index contributed by atoms with van der Waals surface area (Å²) in [5.74, 6) is 1.33. The van der Waals surface area contributed by atoms with Crippen LogP contribution in [0.25, 0.3) is 11.3 Å². The number of aromatic nitrogens is 3. The first-order valence-electron chi connectivity index (χ1n) is 12.4. The number of nitrogens with two attached hydrogens (primary N) is 2. The third kappa shape index (κ3) is 5.65. The van der Waals surface area contributed by atoms with Crippen LogP contribution in [0, 0.1) is 6.92 Å². The molecule has 4 N–H and O–H groups in total. The van der Waals surface area contributed by atoms with E-state index in [1.54, 1.807) is 12.4 Å². The molecule has 5 rings (SSSR count). The second kappa shape index (κ2) is 10.8. The predicted octanol–water partition coefficient (Wildman–Crippen LogP) is 4.20. The maximum Gasteiger partial charge on any atom is 0.258 e. The van der Waals surface area contributed by atoms with Crippen molar-refractivity contribution >= 4 is 11.6 Å². The van der Waals surface area contributed by atoms with Gasteiger partial charge >= 0.3 is 0 Å². The highest BCUT2D eigenvalue weighted by Crippen LogP contribution is 2.31. The van der Waals surface area contributed by atoms with E-state index in [1.165, 1.54) is 22.3 Å². The summed E-state index contributed by atoms with van der Waals surface area (Å²) in [5, 5.41) is 0. The van der Waals surface area contributed by atoms with Crippen molar-refractivity contribution in [3.63, 3.8) is 0 Å². The van der Waals surface area contributed by atoms with Crippen LogP contribution < -0.4 is 20.9 Å². The minimum Gasteiger partial charge on any atom is -0.489 e. The molecule has 0 bridgehead atoms. The number of aryl methyl sites for hydroxylation is 1. The molecular formula is C29H32N6O2. The van der Waals surface area contributed by atoms with Crippen LogP contribution in [0.15, 0.2) is 60.9 Å². The third-order valence-electron chi connectivity index (χ3n) is 6.67. The largest absolute Gasteiger partial charge is 0.489 e. The average Bonchev–Trinajstić information content (AvgIpc) is 2.89. The number of hydrogen-bond donors (Lipinski definition) is 2. The summed E-state index contributed by atoms with van der Waals surface area (Å²) < 4.78 is 12.1. The van der Waals surface area contributed by atoms with E-state index in [1.807, 2.05) is 24.3 Å². The number of nitrogen functional groups attached to an aromatic ring is 2. The lowest BCUT2D eigenvalue weighted by atomic mass is 9.92. The molecular weight excluding hydrogens is 464 g/mol. The molecule has 8 heteroatoms. The number of anilines is 2. The lowest BCUT2D eigenvalue weighted by Gasteiger charge is -2.27. The van der Waals surface area contributed by atoms with Crippen LogP contribution in [0.2, 0.25) is 0 Å². The van der Waals surface area contributed by atoms with Gasteiger partial charge < -0.3 is 25.8 Å². The van der Waals surface area contributed by atoms with Crippen LogP contribution in [-0.4, -0.2) is 40.1 Å². The molecule has 1 aliphatic rings. The van der Waals surface area contributed by atoms with Crippen molar-refractivity contribution in [2.45, 2.75) is 32.9 Å². The Hall–Kier alpha value is -4.17. The minimum absolute atomic E-state index is 0.170. The highest BCUT2D eigenvalue weighted by molar-refractivity contribution is 5.64. The van der Waals surface area contributed by atoms with E-state index in [4.69, 9.17) is 25.9 Å². The quantitative estimate of drug-likeness (QED) is 0.373. The van der Waals surface area contributed by atoms with Gasteiger partial charge in [-0.25, -0.2) is 15.0 Å². The molecule has 0 spiro atoms. The topological polar surface area (TPSA) is 112 Å². The molecule has 0 atom stereocenters. The monoisotopic (exact) mass is 496 g/mol. The second-order valence-corrected chi connectivity index (χ2v) is 9.42. The Morgan fingerprint density at radius 3 is 2.68 bits per heavy atom. The van der Waals surface area contributed by atoms with Crippen molar-refractivity contribution in [2.24, 2.45) is 0 Å². The lowest BCUT2D eigenvalue weighted by molar-refractivity contribution is 0.274. The van der Waals surface area contributed by atoms with Crippen LogP contribution >= 0.6 is 0 Å². The van der Waals surface area contributed by atoms with E-state index < -0.39 is 0 Å². The van der Waals surface area contributed by atoms with E-state index in [2.05, 4.69) is 53.1 Å². The van der Waals surface area contributed by atoms with Crippen LogP contribution in [0.4, 0.5) is 11.6 Å². The van der Waals surface area contributed by atoms with Crippen molar-refractivity contribution in [3.8, 4) is 22.9 Å².